The second kappa shape index (κ2) is 7.84. The molecule has 1 heterocycles. The number of nitrogens with zero attached hydrogens (tertiary/aromatic N) is 2. The maximum absolute atomic E-state index is 5.68. The van der Waals surface area contributed by atoms with Crippen molar-refractivity contribution in [2.45, 2.75) is 33.1 Å². The lowest BCUT2D eigenvalue weighted by atomic mass is 10.3. The number of nitrogens with two attached hydrogens (primary N) is 1. The maximum Gasteiger partial charge on any atom is 0.218 e. The summed E-state index contributed by atoms with van der Waals surface area (Å²) >= 11 is 0. The second-order valence-electron chi connectivity index (χ2n) is 3.76. The molecule has 0 atom stereocenters. The van der Waals surface area contributed by atoms with E-state index in [2.05, 4.69) is 23.8 Å². The van der Waals surface area contributed by atoms with Gasteiger partial charge in [-0.2, -0.15) is 4.98 Å². The molecule has 2 N–H and O–H groups in total. The van der Waals surface area contributed by atoms with Gasteiger partial charge in [-0.25, -0.2) is 4.98 Å². The molecule has 1 rings (SSSR count). The van der Waals surface area contributed by atoms with E-state index in [1.165, 1.54) is 0 Å². The van der Waals surface area contributed by atoms with Crippen LogP contribution in [-0.2, 0) is 11.2 Å². The summed E-state index contributed by atoms with van der Waals surface area (Å²) in [6, 6.07) is 1.64. The molecule has 0 aliphatic heterocycles. The third-order valence-corrected chi connectivity index (χ3v) is 2.07. The number of aryl methyl sites for hydroxylation is 1. The fraction of sp³-hybridized carbons (Fsp3) is 0.667. The minimum atomic E-state index is 0.452. The van der Waals surface area contributed by atoms with Gasteiger partial charge in [0.05, 0.1) is 6.61 Å². The van der Waals surface area contributed by atoms with Gasteiger partial charge in [-0.3, -0.25) is 0 Å². The molecule has 0 saturated carbocycles. The van der Waals surface area contributed by atoms with Crippen molar-refractivity contribution in [3.8, 4) is 5.88 Å². The Balaban J connectivity index is 2.41. The summed E-state index contributed by atoms with van der Waals surface area (Å²) in [7, 11) is 0. The Kier molecular flexibility index (Phi) is 6.32. The van der Waals surface area contributed by atoms with Gasteiger partial charge in [0.15, 0.2) is 0 Å². The standard InChI is InChI=1S/C12H21N3O2/c1-3-5-11-14-10(13)9-12(15-11)17-8-7-16-6-4-2/h9H,3-8H2,1-2H3,(H2,13,14,15). The molecule has 1 aromatic rings. The predicted octanol–water partition coefficient (Wildman–Crippen LogP) is 1.82. The van der Waals surface area contributed by atoms with Crippen LogP contribution in [0.25, 0.3) is 0 Å². The van der Waals surface area contributed by atoms with E-state index in [1.54, 1.807) is 6.07 Å². The number of anilines is 1. The van der Waals surface area contributed by atoms with Crippen molar-refractivity contribution in [2.24, 2.45) is 0 Å². The zero-order chi connectivity index (χ0) is 12.5. The van der Waals surface area contributed by atoms with Crippen molar-refractivity contribution in [2.75, 3.05) is 25.6 Å². The molecule has 1 aromatic heterocycles. The number of hydrogen-bond acceptors (Lipinski definition) is 5. The van der Waals surface area contributed by atoms with Gasteiger partial charge < -0.3 is 15.2 Å². The first kappa shape index (κ1) is 13.7. The van der Waals surface area contributed by atoms with E-state index in [0.717, 1.165) is 31.7 Å². The van der Waals surface area contributed by atoms with E-state index in [4.69, 9.17) is 15.2 Å². The van der Waals surface area contributed by atoms with Gasteiger partial charge >= 0.3 is 0 Å². The quantitative estimate of drug-likeness (QED) is 0.701. The Morgan fingerprint density at radius 2 is 1.94 bits per heavy atom. The highest BCUT2D eigenvalue weighted by molar-refractivity contribution is 5.32. The fourth-order valence-corrected chi connectivity index (χ4v) is 1.35. The second-order valence-corrected chi connectivity index (χ2v) is 3.76. The van der Waals surface area contributed by atoms with Gasteiger partial charge in [-0.05, 0) is 12.8 Å². The Morgan fingerprint density at radius 1 is 1.12 bits per heavy atom. The summed E-state index contributed by atoms with van der Waals surface area (Å²) in [6.07, 6.45) is 2.82. The lowest BCUT2D eigenvalue weighted by Crippen LogP contribution is -2.09. The van der Waals surface area contributed by atoms with Crippen molar-refractivity contribution in [3.05, 3.63) is 11.9 Å². The molecule has 5 heteroatoms. The minimum Gasteiger partial charge on any atom is -0.475 e. The predicted molar refractivity (Wildman–Crippen MR) is 67.0 cm³/mol. The summed E-state index contributed by atoms with van der Waals surface area (Å²) in [5.41, 5.74) is 5.68. The van der Waals surface area contributed by atoms with Crippen LogP contribution in [0.5, 0.6) is 5.88 Å². The van der Waals surface area contributed by atoms with Gasteiger partial charge in [-0.15, -0.1) is 0 Å². The van der Waals surface area contributed by atoms with Crippen molar-refractivity contribution in [3.63, 3.8) is 0 Å². The van der Waals surface area contributed by atoms with Crippen molar-refractivity contribution in [1.29, 1.82) is 0 Å². The SMILES string of the molecule is CCCOCCOc1cc(N)nc(CCC)n1. The summed E-state index contributed by atoms with van der Waals surface area (Å²) in [5, 5.41) is 0. The molecule has 96 valence electrons. The monoisotopic (exact) mass is 239 g/mol. The molecule has 0 unspecified atom stereocenters. The van der Waals surface area contributed by atoms with E-state index in [1.807, 2.05) is 0 Å². The summed E-state index contributed by atoms with van der Waals surface area (Å²) in [4.78, 5) is 8.41. The third-order valence-electron chi connectivity index (χ3n) is 2.07. The molecule has 0 radical (unpaired) electrons. The van der Waals surface area contributed by atoms with E-state index in [0.29, 0.717) is 24.9 Å². The molecule has 0 amide bonds. The molecular weight excluding hydrogens is 218 g/mol. The Labute approximate surface area is 102 Å². The molecule has 0 saturated heterocycles. The van der Waals surface area contributed by atoms with Crippen LogP contribution < -0.4 is 10.5 Å². The molecule has 5 nitrogen and oxygen atoms in total. The molecule has 0 spiro atoms. The van der Waals surface area contributed by atoms with Gasteiger partial charge in [-0.1, -0.05) is 13.8 Å². The van der Waals surface area contributed by atoms with Crippen LogP contribution in [0.2, 0.25) is 0 Å². The molecule has 0 aliphatic rings. The van der Waals surface area contributed by atoms with E-state index in [-0.39, 0.29) is 0 Å². The van der Waals surface area contributed by atoms with Gasteiger partial charge in [0.2, 0.25) is 5.88 Å². The Morgan fingerprint density at radius 3 is 2.65 bits per heavy atom. The van der Waals surface area contributed by atoms with Gasteiger partial charge in [0, 0.05) is 19.1 Å². The van der Waals surface area contributed by atoms with Crippen LogP contribution >= 0.6 is 0 Å². The number of ether oxygens (including phenoxy) is 2. The maximum atomic E-state index is 5.68. The molecule has 0 fully saturated rings. The molecule has 0 aliphatic carbocycles. The minimum absolute atomic E-state index is 0.452. The molecular formula is C12H21N3O2. The zero-order valence-electron chi connectivity index (χ0n) is 10.6. The lowest BCUT2D eigenvalue weighted by molar-refractivity contribution is 0.0989. The zero-order valence-corrected chi connectivity index (χ0v) is 10.6. The summed E-state index contributed by atoms with van der Waals surface area (Å²) in [6.45, 7) is 5.97. The average molecular weight is 239 g/mol. The van der Waals surface area contributed by atoms with Crippen LogP contribution in [0.3, 0.4) is 0 Å². The first-order valence-electron chi connectivity index (χ1n) is 6.10. The summed E-state index contributed by atoms with van der Waals surface area (Å²) < 4.78 is 10.8. The normalized spacial score (nSPS) is 10.5. The van der Waals surface area contributed by atoms with E-state index >= 15 is 0 Å². The number of hydrogen-bond donors (Lipinski definition) is 1. The van der Waals surface area contributed by atoms with E-state index in [9.17, 15) is 0 Å². The highest BCUT2D eigenvalue weighted by Gasteiger charge is 2.02. The highest BCUT2D eigenvalue weighted by atomic mass is 16.5. The molecule has 0 bridgehead atoms. The lowest BCUT2D eigenvalue weighted by Gasteiger charge is -2.07. The van der Waals surface area contributed by atoms with E-state index < -0.39 is 0 Å². The third kappa shape index (κ3) is 5.49. The largest absolute Gasteiger partial charge is 0.475 e. The number of nitrogen functional groups attached to an aromatic ring is 1. The number of aromatic nitrogens is 2. The topological polar surface area (TPSA) is 70.3 Å². The summed E-state index contributed by atoms with van der Waals surface area (Å²) in [5.74, 6) is 1.71. The Hall–Kier alpha value is -1.36. The van der Waals surface area contributed by atoms with Gasteiger partial charge in [0.1, 0.15) is 18.2 Å². The van der Waals surface area contributed by atoms with Crippen LogP contribution in [0.1, 0.15) is 32.5 Å². The van der Waals surface area contributed by atoms with Crippen molar-refractivity contribution >= 4 is 5.82 Å². The smallest absolute Gasteiger partial charge is 0.218 e. The molecule has 17 heavy (non-hydrogen) atoms. The van der Waals surface area contributed by atoms with Crippen molar-refractivity contribution in [1.82, 2.24) is 9.97 Å². The van der Waals surface area contributed by atoms with Crippen LogP contribution in [0.4, 0.5) is 5.82 Å². The number of rotatable bonds is 8. The van der Waals surface area contributed by atoms with Crippen LogP contribution in [0.15, 0.2) is 6.07 Å². The first-order chi connectivity index (χ1) is 8.26. The van der Waals surface area contributed by atoms with Crippen LogP contribution in [-0.4, -0.2) is 29.8 Å². The fourth-order valence-electron chi connectivity index (χ4n) is 1.35. The highest BCUT2D eigenvalue weighted by Crippen LogP contribution is 2.11. The Bertz CT molecular complexity index is 332. The van der Waals surface area contributed by atoms with Crippen LogP contribution in [0, 0.1) is 0 Å². The van der Waals surface area contributed by atoms with Gasteiger partial charge in [0.25, 0.3) is 0 Å². The first-order valence-corrected chi connectivity index (χ1v) is 6.10. The molecule has 0 aromatic carbocycles. The average Bonchev–Trinajstić information content (AvgIpc) is 2.28. The van der Waals surface area contributed by atoms with Crippen molar-refractivity contribution < 1.29 is 9.47 Å².